The van der Waals surface area contributed by atoms with Crippen molar-refractivity contribution in [1.82, 2.24) is 5.32 Å². The highest BCUT2D eigenvalue weighted by atomic mass is 16.4. The first kappa shape index (κ1) is 13.4. The number of aliphatic carboxylic acids is 1. The van der Waals surface area contributed by atoms with E-state index < -0.39 is 11.9 Å². The Hall–Kier alpha value is -1.71. The predicted molar refractivity (Wildman–Crippen MR) is 66.6 cm³/mol. The van der Waals surface area contributed by atoms with Crippen LogP contribution < -0.4 is 5.32 Å². The summed E-state index contributed by atoms with van der Waals surface area (Å²) < 4.78 is 0. The van der Waals surface area contributed by atoms with Gasteiger partial charge in [-0.3, -0.25) is 4.79 Å². The molecule has 1 rings (SSSR count). The molecule has 94 valence electrons. The molecule has 4 heteroatoms. The number of carboxylic acids is 1. The predicted octanol–water partition coefficient (Wildman–Crippen LogP) is 2.36. The minimum absolute atomic E-state index is 0.110. The molecule has 0 aromatic heterocycles. The largest absolute Gasteiger partial charge is 0.508 e. The molecule has 1 aliphatic rings. The van der Waals surface area contributed by atoms with Crippen molar-refractivity contribution in [2.75, 3.05) is 0 Å². The number of hydrogen-bond donors (Lipinski definition) is 3. The Morgan fingerprint density at radius 2 is 2.35 bits per heavy atom. The number of carbonyl (C=O) groups is 1. The highest BCUT2D eigenvalue weighted by Crippen LogP contribution is 2.17. The molecule has 0 amide bonds. The number of rotatable bonds is 3. The second-order valence-corrected chi connectivity index (χ2v) is 4.39. The molecule has 4 nitrogen and oxygen atoms in total. The third-order valence-electron chi connectivity index (χ3n) is 2.67. The zero-order valence-corrected chi connectivity index (χ0v) is 10.2. The second kappa shape index (κ2) is 6.13. The summed E-state index contributed by atoms with van der Waals surface area (Å²) in [7, 11) is 0. The van der Waals surface area contributed by atoms with Crippen LogP contribution in [0.2, 0.25) is 0 Å². The van der Waals surface area contributed by atoms with Crippen LogP contribution in [0.4, 0.5) is 0 Å². The zero-order valence-electron chi connectivity index (χ0n) is 10.2. The van der Waals surface area contributed by atoms with E-state index >= 15 is 0 Å². The van der Waals surface area contributed by atoms with E-state index in [9.17, 15) is 9.90 Å². The van der Waals surface area contributed by atoms with Gasteiger partial charge in [-0.25, -0.2) is 0 Å². The van der Waals surface area contributed by atoms with E-state index in [4.69, 9.17) is 5.11 Å². The summed E-state index contributed by atoms with van der Waals surface area (Å²) in [6.45, 7) is 3.64. The SMILES string of the molecule is CC1/C=C\C(O)=C/C/C(C[C@H](C)C(=O)O)=C\N1. The number of carboxylic acid groups (broad SMARTS) is 1. The third kappa shape index (κ3) is 4.76. The Labute approximate surface area is 101 Å². The van der Waals surface area contributed by atoms with Crippen LogP contribution in [-0.2, 0) is 4.79 Å². The molecule has 0 bridgehead atoms. The molecule has 0 spiro atoms. The van der Waals surface area contributed by atoms with Crippen molar-refractivity contribution in [3.63, 3.8) is 0 Å². The highest BCUT2D eigenvalue weighted by Gasteiger charge is 2.13. The Kier molecular flexibility index (Phi) is 4.82. The summed E-state index contributed by atoms with van der Waals surface area (Å²) >= 11 is 0. The Morgan fingerprint density at radius 3 is 3.00 bits per heavy atom. The molecule has 0 aromatic rings. The van der Waals surface area contributed by atoms with Gasteiger partial charge in [0.2, 0.25) is 0 Å². The maximum absolute atomic E-state index is 10.8. The second-order valence-electron chi connectivity index (χ2n) is 4.39. The van der Waals surface area contributed by atoms with E-state index in [1.54, 1.807) is 19.1 Å². The first-order valence-electron chi connectivity index (χ1n) is 5.73. The van der Waals surface area contributed by atoms with Crippen molar-refractivity contribution >= 4 is 5.97 Å². The monoisotopic (exact) mass is 237 g/mol. The normalized spacial score (nSPS) is 30.4. The van der Waals surface area contributed by atoms with Crippen LogP contribution in [0.3, 0.4) is 0 Å². The number of nitrogens with one attached hydrogen (secondary N) is 1. The van der Waals surface area contributed by atoms with E-state index in [0.29, 0.717) is 12.8 Å². The lowest BCUT2D eigenvalue weighted by atomic mass is 9.99. The van der Waals surface area contributed by atoms with Gasteiger partial charge in [-0.15, -0.1) is 0 Å². The summed E-state index contributed by atoms with van der Waals surface area (Å²) in [4.78, 5) is 10.8. The summed E-state index contributed by atoms with van der Waals surface area (Å²) in [5.41, 5.74) is 0.974. The lowest BCUT2D eigenvalue weighted by Gasteiger charge is -2.11. The van der Waals surface area contributed by atoms with Gasteiger partial charge in [-0.1, -0.05) is 13.0 Å². The summed E-state index contributed by atoms with van der Waals surface area (Å²) in [6, 6.07) is 0.110. The highest BCUT2D eigenvalue weighted by molar-refractivity contribution is 5.69. The van der Waals surface area contributed by atoms with Gasteiger partial charge in [0.15, 0.2) is 0 Å². The van der Waals surface area contributed by atoms with Crippen LogP contribution >= 0.6 is 0 Å². The Morgan fingerprint density at radius 1 is 1.65 bits per heavy atom. The van der Waals surface area contributed by atoms with Gasteiger partial charge in [0.1, 0.15) is 5.76 Å². The van der Waals surface area contributed by atoms with Gasteiger partial charge in [-0.05, 0) is 43.7 Å². The standard InChI is InChI=1S/C13H19NO3/c1-9(13(16)17)7-11-4-6-12(15)5-3-10(2)14-8-11/h3,5-6,8-10,14-15H,4,7H2,1-2H3,(H,16,17)/b5-3-,11-8+,12-6+/t9-,10?/m0/s1. The van der Waals surface area contributed by atoms with Gasteiger partial charge >= 0.3 is 5.97 Å². The Balaban J connectivity index is 2.74. The van der Waals surface area contributed by atoms with Crippen molar-refractivity contribution in [2.45, 2.75) is 32.7 Å². The summed E-state index contributed by atoms with van der Waals surface area (Å²) in [6.07, 6.45) is 8.09. The van der Waals surface area contributed by atoms with Gasteiger partial charge in [0.25, 0.3) is 0 Å². The fraction of sp³-hybridized carbons (Fsp3) is 0.462. The van der Waals surface area contributed by atoms with Crippen molar-refractivity contribution in [3.8, 4) is 0 Å². The zero-order chi connectivity index (χ0) is 12.8. The van der Waals surface area contributed by atoms with Crippen molar-refractivity contribution in [1.29, 1.82) is 0 Å². The van der Waals surface area contributed by atoms with E-state index in [2.05, 4.69) is 5.32 Å². The molecule has 1 unspecified atom stereocenters. The molecule has 0 radical (unpaired) electrons. The fourth-order valence-corrected chi connectivity index (χ4v) is 1.53. The molecule has 3 N–H and O–H groups in total. The smallest absolute Gasteiger partial charge is 0.306 e. The van der Waals surface area contributed by atoms with Crippen LogP contribution in [0.25, 0.3) is 0 Å². The molecular formula is C13H19NO3. The van der Waals surface area contributed by atoms with Gasteiger partial charge < -0.3 is 15.5 Å². The first-order chi connectivity index (χ1) is 7.99. The average molecular weight is 237 g/mol. The number of aliphatic hydroxyl groups excluding tert-OH is 1. The fourth-order valence-electron chi connectivity index (χ4n) is 1.53. The van der Waals surface area contributed by atoms with E-state index in [0.717, 1.165) is 5.57 Å². The molecule has 0 fully saturated rings. The number of hydrogen-bond acceptors (Lipinski definition) is 3. The third-order valence-corrected chi connectivity index (χ3v) is 2.67. The molecule has 2 atom stereocenters. The molecule has 1 aliphatic heterocycles. The van der Waals surface area contributed by atoms with E-state index in [1.807, 2.05) is 19.2 Å². The van der Waals surface area contributed by atoms with E-state index in [-0.39, 0.29) is 11.8 Å². The van der Waals surface area contributed by atoms with Crippen LogP contribution in [-0.4, -0.2) is 22.2 Å². The molecule has 1 heterocycles. The quantitative estimate of drug-likeness (QED) is 0.704. The minimum atomic E-state index is -0.801. The number of aliphatic hydroxyl groups is 1. The maximum atomic E-state index is 10.8. The molecule has 0 aliphatic carbocycles. The van der Waals surface area contributed by atoms with Crippen LogP contribution in [0.5, 0.6) is 0 Å². The van der Waals surface area contributed by atoms with Gasteiger partial charge in [-0.2, -0.15) is 0 Å². The topological polar surface area (TPSA) is 69.6 Å². The van der Waals surface area contributed by atoms with Crippen molar-refractivity contribution in [3.05, 3.63) is 35.8 Å². The number of allylic oxidation sites excluding steroid dienone is 3. The minimum Gasteiger partial charge on any atom is -0.508 e. The average Bonchev–Trinajstić information content (AvgIpc) is 2.35. The van der Waals surface area contributed by atoms with Crippen LogP contribution in [0.1, 0.15) is 26.7 Å². The maximum Gasteiger partial charge on any atom is 0.306 e. The van der Waals surface area contributed by atoms with Crippen molar-refractivity contribution in [2.24, 2.45) is 5.92 Å². The summed E-state index contributed by atoms with van der Waals surface area (Å²) in [5, 5.41) is 21.5. The first-order valence-corrected chi connectivity index (χ1v) is 5.73. The molecule has 0 saturated heterocycles. The van der Waals surface area contributed by atoms with Gasteiger partial charge in [0.05, 0.1) is 5.92 Å². The van der Waals surface area contributed by atoms with E-state index in [1.165, 1.54) is 0 Å². The van der Waals surface area contributed by atoms with Gasteiger partial charge in [0, 0.05) is 6.04 Å². The van der Waals surface area contributed by atoms with Crippen LogP contribution in [0, 0.1) is 5.92 Å². The summed E-state index contributed by atoms with van der Waals surface area (Å²) in [5.74, 6) is -0.998. The molecule has 17 heavy (non-hydrogen) atoms. The Bertz CT molecular complexity index is 369. The van der Waals surface area contributed by atoms with Crippen molar-refractivity contribution < 1.29 is 15.0 Å². The molecular weight excluding hydrogens is 218 g/mol. The van der Waals surface area contributed by atoms with Crippen LogP contribution in [0.15, 0.2) is 35.8 Å². The molecule has 0 aromatic carbocycles. The lowest BCUT2D eigenvalue weighted by molar-refractivity contribution is -0.141. The molecule has 0 saturated carbocycles. The lowest BCUT2D eigenvalue weighted by Crippen LogP contribution is -2.18.